The summed E-state index contributed by atoms with van der Waals surface area (Å²) < 4.78 is 5.83. The molecule has 4 heteroatoms. The molecule has 3 rings (SSSR count). The minimum Gasteiger partial charge on any atom is -0.489 e. The summed E-state index contributed by atoms with van der Waals surface area (Å²) in [5, 5.41) is 5.10. The van der Waals surface area contributed by atoms with Gasteiger partial charge in [-0.05, 0) is 47.5 Å². The smallest absolute Gasteiger partial charge is 0.220 e. The molecule has 0 fully saturated rings. The highest BCUT2D eigenvalue weighted by Crippen LogP contribution is 2.15. The van der Waals surface area contributed by atoms with Crippen LogP contribution in [-0.2, 0) is 24.4 Å². The molecule has 0 bridgehead atoms. The number of carbonyl (C=O) groups is 1. The minimum atomic E-state index is 0.0975. The number of ether oxygens (including phenoxy) is 1. The molecular formula is C22H23NO2S. The van der Waals surface area contributed by atoms with Crippen LogP contribution >= 0.6 is 11.3 Å². The van der Waals surface area contributed by atoms with E-state index >= 15 is 0 Å². The molecule has 0 aliphatic carbocycles. The van der Waals surface area contributed by atoms with Gasteiger partial charge in [0.25, 0.3) is 0 Å². The molecule has 1 amide bonds. The molecular weight excluding hydrogens is 342 g/mol. The van der Waals surface area contributed by atoms with Gasteiger partial charge in [-0.25, -0.2) is 0 Å². The Balaban J connectivity index is 1.46. The molecule has 0 radical (unpaired) electrons. The molecule has 1 N–H and O–H groups in total. The number of benzene rings is 2. The van der Waals surface area contributed by atoms with Crippen LogP contribution in [-0.4, -0.2) is 5.91 Å². The molecule has 0 unspecified atom stereocenters. The molecule has 0 saturated heterocycles. The monoisotopic (exact) mass is 365 g/mol. The Morgan fingerprint density at radius 2 is 1.69 bits per heavy atom. The Hall–Kier alpha value is -2.59. The topological polar surface area (TPSA) is 38.3 Å². The Bertz CT molecular complexity index is 800. The lowest BCUT2D eigenvalue weighted by molar-refractivity contribution is -0.121. The Morgan fingerprint density at radius 3 is 2.46 bits per heavy atom. The van der Waals surface area contributed by atoms with Crippen LogP contribution in [0.1, 0.15) is 28.8 Å². The third kappa shape index (κ3) is 5.74. The molecule has 0 aliphatic rings. The highest BCUT2D eigenvalue weighted by Gasteiger charge is 2.06. The van der Waals surface area contributed by atoms with Crippen LogP contribution in [0.2, 0.25) is 0 Å². The summed E-state index contributed by atoms with van der Waals surface area (Å²) in [6.07, 6.45) is 2.40. The van der Waals surface area contributed by atoms with Gasteiger partial charge in [-0.1, -0.05) is 48.5 Å². The molecule has 3 aromatic rings. The summed E-state index contributed by atoms with van der Waals surface area (Å²) in [6, 6.07) is 22.0. The average molecular weight is 365 g/mol. The largest absolute Gasteiger partial charge is 0.489 e. The second kappa shape index (κ2) is 9.78. The van der Waals surface area contributed by atoms with Crippen LogP contribution in [0.15, 0.2) is 72.1 Å². The van der Waals surface area contributed by atoms with Crippen molar-refractivity contribution in [3.63, 3.8) is 0 Å². The van der Waals surface area contributed by atoms with E-state index < -0.39 is 0 Å². The number of hydrogen-bond acceptors (Lipinski definition) is 3. The zero-order valence-corrected chi connectivity index (χ0v) is 15.5. The number of thiophene rings is 1. The number of hydrogen-bond donors (Lipinski definition) is 1. The number of amides is 1. The second-order valence-corrected chi connectivity index (χ2v) is 7.11. The molecule has 1 aromatic heterocycles. The Morgan fingerprint density at radius 1 is 0.923 bits per heavy atom. The molecule has 1 heterocycles. The van der Waals surface area contributed by atoms with Crippen molar-refractivity contribution in [3.05, 3.63) is 88.1 Å². The van der Waals surface area contributed by atoms with E-state index in [2.05, 4.69) is 22.8 Å². The molecule has 2 aromatic carbocycles. The fraction of sp³-hybridized carbons (Fsp3) is 0.227. The van der Waals surface area contributed by atoms with Crippen molar-refractivity contribution in [2.24, 2.45) is 0 Å². The van der Waals surface area contributed by atoms with E-state index in [9.17, 15) is 4.79 Å². The lowest BCUT2D eigenvalue weighted by Crippen LogP contribution is -2.23. The molecule has 3 nitrogen and oxygen atoms in total. The van der Waals surface area contributed by atoms with Gasteiger partial charge in [0.15, 0.2) is 0 Å². The molecule has 0 atom stereocenters. The normalized spacial score (nSPS) is 10.5. The van der Waals surface area contributed by atoms with Crippen molar-refractivity contribution in [1.82, 2.24) is 5.32 Å². The third-order valence-corrected chi connectivity index (χ3v) is 5.08. The first-order valence-corrected chi connectivity index (χ1v) is 9.73. The van der Waals surface area contributed by atoms with Gasteiger partial charge in [0.1, 0.15) is 12.4 Å². The van der Waals surface area contributed by atoms with E-state index in [0.717, 1.165) is 29.7 Å². The minimum absolute atomic E-state index is 0.0975. The van der Waals surface area contributed by atoms with Crippen LogP contribution in [0.25, 0.3) is 0 Å². The zero-order chi connectivity index (χ0) is 18.0. The van der Waals surface area contributed by atoms with E-state index in [1.807, 2.05) is 54.6 Å². The van der Waals surface area contributed by atoms with Gasteiger partial charge in [-0.15, -0.1) is 11.3 Å². The van der Waals surface area contributed by atoms with Crippen LogP contribution < -0.4 is 10.1 Å². The summed E-state index contributed by atoms with van der Waals surface area (Å²) in [7, 11) is 0. The highest BCUT2D eigenvalue weighted by molar-refractivity contribution is 7.09. The van der Waals surface area contributed by atoms with E-state index in [1.165, 1.54) is 4.88 Å². The maximum atomic E-state index is 12.1. The Kier molecular flexibility index (Phi) is 6.85. The van der Waals surface area contributed by atoms with Crippen LogP contribution in [0.3, 0.4) is 0 Å². The standard InChI is InChI=1S/C22H23NO2S/c24-22(14-6-12-21-13-7-15-26-21)23-16-18-8-4-5-9-19(18)17-25-20-10-2-1-3-11-20/h1-5,7-11,13,15H,6,12,14,16-17H2,(H,23,24). The molecule has 26 heavy (non-hydrogen) atoms. The first kappa shape index (κ1) is 18.2. The predicted octanol–water partition coefficient (Wildman–Crippen LogP) is 4.97. The van der Waals surface area contributed by atoms with Gasteiger partial charge in [0.05, 0.1) is 0 Å². The van der Waals surface area contributed by atoms with E-state index in [0.29, 0.717) is 19.6 Å². The first-order valence-electron chi connectivity index (χ1n) is 8.85. The number of para-hydroxylation sites is 1. The van der Waals surface area contributed by atoms with E-state index in [4.69, 9.17) is 4.74 Å². The number of nitrogens with one attached hydrogen (secondary N) is 1. The highest BCUT2D eigenvalue weighted by atomic mass is 32.1. The molecule has 134 valence electrons. The average Bonchev–Trinajstić information content (AvgIpc) is 3.20. The Labute approximate surface area is 158 Å². The van der Waals surface area contributed by atoms with Crippen LogP contribution in [0, 0.1) is 0 Å². The van der Waals surface area contributed by atoms with Crippen LogP contribution in [0.5, 0.6) is 5.75 Å². The summed E-state index contributed by atoms with van der Waals surface area (Å²) in [6.45, 7) is 1.03. The van der Waals surface area contributed by atoms with Gasteiger partial charge < -0.3 is 10.1 Å². The van der Waals surface area contributed by atoms with E-state index in [1.54, 1.807) is 11.3 Å². The second-order valence-electron chi connectivity index (χ2n) is 6.08. The number of aryl methyl sites for hydroxylation is 1. The first-order chi connectivity index (χ1) is 12.8. The lowest BCUT2D eigenvalue weighted by Gasteiger charge is -2.12. The van der Waals surface area contributed by atoms with Crippen molar-refractivity contribution < 1.29 is 9.53 Å². The maximum Gasteiger partial charge on any atom is 0.220 e. The quantitative estimate of drug-likeness (QED) is 0.582. The maximum absolute atomic E-state index is 12.1. The van der Waals surface area contributed by atoms with Gasteiger partial charge in [0.2, 0.25) is 5.91 Å². The van der Waals surface area contributed by atoms with Gasteiger partial charge in [0, 0.05) is 17.8 Å². The molecule has 0 aliphatic heterocycles. The van der Waals surface area contributed by atoms with Crippen LogP contribution in [0.4, 0.5) is 0 Å². The van der Waals surface area contributed by atoms with Crippen molar-refractivity contribution >= 4 is 17.2 Å². The van der Waals surface area contributed by atoms with E-state index in [-0.39, 0.29) is 5.91 Å². The van der Waals surface area contributed by atoms with Crippen molar-refractivity contribution in [3.8, 4) is 5.75 Å². The zero-order valence-electron chi connectivity index (χ0n) is 14.7. The lowest BCUT2D eigenvalue weighted by atomic mass is 10.1. The predicted molar refractivity (Wildman–Crippen MR) is 106 cm³/mol. The SMILES string of the molecule is O=C(CCCc1cccs1)NCc1ccccc1COc1ccccc1. The summed E-state index contributed by atoms with van der Waals surface area (Å²) in [5.41, 5.74) is 2.19. The van der Waals surface area contributed by atoms with Crippen molar-refractivity contribution in [1.29, 1.82) is 0 Å². The summed E-state index contributed by atoms with van der Waals surface area (Å²) >= 11 is 1.74. The fourth-order valence-electron chi connectivity index (χ4n) is 2.71. The summed E-state index contributed by atoms with van der Waals surface area (Å²) in [4.78, 5) is 13.4. The fourth-order valence-corrected chi connectivity index (χ4v) is 3.46. The number of carbonyl (C=O) groups excluding carboxylic acids is 1. The number of rotatable bonds is 9. The van der Waals surface area contributed by atoms with Gasteiger partial charge in [-0.2, -0.15) is 0 Å². The van der Waals surface area contributed by atoms with Crippen molar-refractivity contribution in [2.45, 2.75) is 32.4 Å². The third-order valence-electron chi connectivity index (χ3n) is 4.14. The molecule has 0 spiro atoms. The van der Waals surface area contributed by atoms with Gasteiger partial charge in [-0.3, -0.25) is 4.79 Å². The van der Waals surface area contributed by atoms with Gasteiger partial charge >= 0.3 is 0 Å². The summed E-state index contributed by atoms with van der Waals surface area (Å²) in [5.74, 6) is 0.945. The van der Waals surface area contributed by atoms with Crippen molar-refractivity contribution in [2.75, 3.05) is 0 Å². The molecule has 0 saturated carbocycles.